The molecule has 0 bridgehead atoms. The standard InChI is InChI=1S/C25H35ClN6O2S/c1-35(2,34)28-22-9-16-32(27-22)24(33)30-17-11-25(12-18-30)10-6-15-31(25)19-20-7-5-8-21(23(20)26)29-13-3-4-14-29/h5,7-9,16H,1,3-4,6,10-15,17-19H2,2H3,(H,27,28,34). The number of benzene rings is 1. The van der Waals surface area contributed by atoms with E-state index in [0.29, 0.717) is 18.9 Å². The smallest absolute Gasteiger partial charge is 0.344 e. The van der Waals surface area contributed by atoms with Gasteiger partial charge >= 0.3 is 6.03 Å². The van der Waals surface area contributed by atoms with E-state index in [1.807, 2.05) is 4.90 Å². The van der Waals surface area contributed by atoms with Gasteiger partial charge in [0.05, 0.1) is 10.7 Å². The Morgan fingerprint density at radius 1 is 1.11 bits per heavy atom. The van der Waals surface area contributed by atoms with Gasteiger partial charge in [0, 0.05) is 66.5 Å². The Kier molecular flexibility index (Phi) is 6.76. The molecule has 3 saturated heterocycles. The van der Waals surface area contributed by atoms with Gasteiger partial charge in [-0.3, -0.25) is 9.62 Å². The van der Waals surface area contributed by atoms with Crippen molar-refractivity contribution in [2.24, 2.45) is 0 Å². The second-order valence-electron chi connectivity index (χ2n) is 10.2. The Labute approximate surface area is 213 Å². The van der Waals surface area contributed by atoms with Gasteiger partial charge in [-0.1, -0.05) is 23.7 Å². The molecule has 5 rings (SSSR count). The molecule has 2 aromatic rings. The van der Waals surface area contributed by atoms with Crippen molar-refractivity contribution in [1.82, 2.24) is 19.6 Å². The molecular weight excluding hydrogens is 484 g/mol. The Morgan fingerprint density at radius 2 is 1.86 bits per heavy atom. The van der Waals surface area contributed by atoms with Gasteiger partial charge in [0.25, 0.3) is 0 Å². The zero-order valence-corrected chi connectivity index (χ0v) is 22.0. The molecular formula is C25H35ClN6O2S. The highest BCUT2D eigenvalue weighted by atomic mass is 35.5. The summed E-state index contributed by atoms with van der Waals surface area (Å²) in [5, 5.41) is 5.14. The van der Waals surface area contributed by atoms with Crippen LogP contribution in [0.5, 0.6) is 0 Å². The molecule has 1 amide bonds. The number of piperidine rings is 1. The predicted octanol–water partition coefficient (Wildman–Crippen LogP) is 3.91. The maximum absolute atomic E-state index is 13.0. The number of carbonyl (C=O) groups is 1. The van der Waals surface area contributed by atoms with Crippen molar-refractivity contribution in [1.29, 1.82) is 0 Å². The highest BCUT2D eigenvalue weighted by Crippen LogP contribution is 2.41. The number of carbonyl (C=O) groups excluding carboxylic acids is 1. The van der Waals surface area contributed by atoms with Crippen LogP contribution in [0.1, 0.15) is 44.1 Å². The van der Waals surface area contributed by atoms with Crippen LogP contribution >= 0.6 is 11.6 Å². The molecule has 4 heterocycles. The molecule has 35 heavy (non-hydrogen) atoms. The lowest BCUT2D eigenvalue weighted by molar-refractivity contribution is 0.0585. The van der Waals surface area contributed by atoms with Crippen LogP contribution in [-0.2, 0) is 16.3 Å². The average Bonchev–Trinajstić information content (AvgIpc) is 3.57. The SMILES string of the molecule is C=S(C)(=O)Nc1ccn(C(=O)N2CCC3(CCCN3Cc3cccc(N4CCCC4)c3Cl)CC2)n1. The van der Waals surface area contributed by atoms with Crippen molar-refractivity contribution in [3.63, 3.8) is 0 Å². The minimum atomic E-state index is -2.44. The van der Waals surface area contributed by atoms with Gasteiger partial charge in [0.1, 0.15) is 0 Å². The minimum Gasteiger partial charge on any atom is -0.370 e. The van der Waals surface area contributed by atoms with Crippen LogP contribution in [0.3, 0.4) is 0 Å². The fraction of sp³-hybridized carbons (Fsp3) is 0.560. The van der Waals surface area contributed by atoms with Gasteiger partial charge < -0.3 is 9.80 Å². The molecule has 1 N–H and O–H groups in total. The topological polar surface area (TPSA) is 73.7 Å². The van der Waals surface area contributed by atoms with Crippen LogP contribution in [0.25, 0.3) is 0 Å². The lowest BCUT2D eigenvalue weighted by Gasteiger charge is -2.45. The quantitative estimate of drug-likeness (QED) is 0.607. The molecule has 190 valence electrons. The molecule has 3 fully saturated rings. The van der Waals surface area contributed by atoms with Crippen molar-refractivity contribution >= 4 is 44.7 Å². The summed E-state index contributed by atoms with van der Waals surface area (Å²) in [5.74, 6) is 3.97. The summed E-state index contributed by atoms with van der Waals surface area (Å²) in [4.78, 5) is 19.9. The van der Waals surface area contributed by atoms with Crippen LogP contribution in [0.2, 0.25) is 5.02 Å². The summed E-state index contributed by atoms with van der Waals surface area (Å²) in [6, 6.07) is 7.95. The van der Waals surface area contributed by atoms with Crippen molar-refractivity contribution in [2.75, 3.05) is 48.6 Å². The van der Waals surface area contributed by atoms with Gasteiger partial charge in [-0.2, -0.15) is 4.68 Å². The van der Waals surface area contributed by atoms with Crippen molar-refractivity contribution in [2.45, 2.75) is 50.6 Å². The fourth-order valence-electron chi connectivity index (χ4n) is 5.87. The number of hydrogen-bond donors (Lipinski definition) is 1. The third-order valence-electron chi connectivity index (χ3n) is 7.68. The van der Waals surface area contributed by atoms with Gasteiger partial charge in [0.2, 0.25) is 0 Å². The van der Waals surface area contributed by atoms with E-state index in [9.17, 15) is 9.00 Å². The third-order valence-corrected chi connectivity index (χ3v) is 8.75. The van der Waals surface area contributed by atoms with Crippen LogP contribution in [-0.4, -0.2) is 80.2 Å². The van der Waals surface area contributed by atoms with Gasteiger partial charge in [-0.05, 0) is 62.6 Å². The number of nitrogens with one attached hydrogen (secondary N) is 1. The van der Waals surface area contributed by atoms with Crippen LogP contribution in [0, 0.1) is 0 Å². The Bertz CT molecular complexity index is 1180. The number of anilines is 2. The monoisotopic (exact) mass is 518 g/mol. The first-order chi connectivity index (χ1) is 16.7. The molecule has 1 unspecified atom stereocenters. The molecule has 3 aliphatic rings. The van der Waals surface area contributed by atoms with Gasteiger partial charge in [-0.15, -0.1) is 5.10 Å². The van der Waals surface area contributed by atoms with Crippen LogP contribution in [0.15, 0.2) is 30.5 Å². The number of likely N-dealkylation sites (tertiary alicyclic amines) is 2. The lowest BCUT2D eigenvalue weighted by atomic mass is 9.84. The maximum Gasteiger partial charge on any atom is 0.344 e. The van der Waals surface area contributed by atoms with Crippen LogP contribution in [0.4, 0.5) is 16.3 Å². The Balaban J connectivity index is 1.24. The Hall–Kier alpha value is -2.23. The third kappa shape index (κ3) is 5.17. The summed E-state index contributed by atoms with van der Waals surface area (Å²) >= 11 is 6.91. The molecule has 10 heteroatoms. The summed E-state index contributed by atoms with van der Waals surface area (Å²) in [6.07, 6.45) is 9.78. The minimum absolute atomic E-state index is 0.113. The first-order valence-corrected chi connectivity index (χ1v) is 15.0. The van der Waals surface area contributed by atoms with E-state index in [2.05, 4.69) is 43.7 Å². The number of rotatable bonds is 5. The predicted molar refractivity (Wildman–Crippen MR) is 144 cm³/mol. The van der Waals surface area contributed by atoms with Crippen molar-refractivity contribution in [3.8, 4) is 0 Å². The second kappa shape index (κ2) is 9.67. The van der Waals surface area contributed by atoms with E-state index in [0.717, 1.165) is 50.5 Å². The highest BCUT2D eigenvalue weighted by Gasteiger charge is 2.44. The zero-order chi connectivity index (χ0) is 24.6. The van der Waals surface area contributed by atoms with E-state index in [1.165, 1.54) is 41.5 Å². The number of amides is 1. The normalized spacial score (nSPS) is 22.0. The molecule has 3 aliphatic heterocycles. The van der Waals surface area contributed by atoms with Crippen molar-refractivity contribution < 1.29 is 9.00 Å². The van der Waals surface area contributed by atoms with E-state index < -0.39 is 9.71 Å². The Morgan fingerprint density at radius 3 is 2.57 bits per heavy atom. The first-order valence-electron chi connectivity index (χ1n) is 12.5. The summed E-state index contributed by atoms with van der Waals surface area (Å²) < 4.78 is 15.9. The number of nitrogens with zero attached hydrogens (tertiary/aromatic N) is 5. The summed E-state index contributed by atoms with van der Waals surface area (Å²) in [6.45, 7) is 5.47. The molecule has 1 aromatic carbocycles. The van der Waals surface area contributed by atoms with E-state index in [1.54, 1.807) is 12.3 Å². The molecule has 0 aliphatic carbocycles. The fourth-order valence-corrected chi connectivity index (χ4v) is 6.73. The molecule has 0 radical (unpaired) electrons. The molecule has 1 aromatic heterocycles. The highest BCUT2D eigenvalue weighted by molar-refractivity contribution is 8.00. The summed E-state index contributed by atoms with van der Waals surface area (Å²) in [5.41, 5.74) is 2.48. The molecule has 8 nitrogen and oxygen atoms in total. The second-order valence-corrected chi connectivity index (χ2v) is 12.8. The molecule has 1 atom stereocenters. The first kappa shape index (κ1) is 24.5. The maximum atomic E-state index is 13.0. The molecule has 1 spiro atoms. The summed E-state index contributed by atoms with van der Waals surface area (Å²) in [7, 11) is -2.44. The average molecular weight is 519 g/mol. The van der Waals surface area contributed by atoms with Gasteiger partial charge in [0.15, 0.2) is 5.82 Å². The largest absolute Gasteiger partial charge is 0.370 e. The molecule has 0 saturated carbocycles. The zero-order valence-electron chi connectivity index (χ0n) is 20.4. The van der Waals surface area contributed by atoms with E-state index in [4.69, 9.17) is 11.6 Å². The lowest BCUT2D eigenvalue weighted by Crippen LogP contribution is -2.53. The van der Waals surface area contributed by atoms with E-state index in [-0.39, 0.29) is 11.6 Å². The number of hydrogen-bond acceptors (Lipinski definition) is 5. The van der Waals surface area contributed by atoms with Gasteiger partial charge in [-0.25, -0.2) is 9.00 Å². The number of aromatic nitrogens is 2. The van der Waals surface area contributed by atoms with Crippen LogP contribution < -0.4 is 9.62 Å². The van der Waals surface area contributed by atoms with Crippen molar-refractivity contribution in [3.05, 3.63) is 41.0 Å². The number of halogens is 1. The van der Waals surface area contributed by atoms with E-state index >= 15 is 0 Å².